The van der Waals surface area contributed by atoms with Crippen LogP contribution in [0.3, 0.4) is 0 Å². The molecular weight excluding hydrogens is 476 g/mol. The first-order valence-electron chi connectivity index (χ1n) is 12.4. The number of aryl methyl sites for hydroxylation is 1. The quantitative estimate of drug-likeness (QED) is 0.505. The number of fused-ring (bicyclic) bond motifs is 3. The van der Waals surface area contributed by atoms with Gasteiger partial charge in [0.1, 0.15) is 12.3 Å². The highest BCUT2D eigenvalue weighted by molar-refractivity contribution is 5.80. The van der Waals surface area contributed by atoms with Crippen molar-refractivity contribution in [3.8, 4) is 5.75 Å². The number of nitrogens with one attached hydrogen (secondary N) is 1. The van der Waals surface area contributed by atoms with E-state index in [1.807, 2.05) is 30.3 Å². The van der Waals surface area contributed by atoms with Crippen LogP contribution in [0.15, 0.2) is 52.3 Å². The standard InChI is InChI=1S/C26H30N6O5/c1-29-24-23(25(35)30(2)26(29)36)31(16-27-24)14-22(34)32-13-7-10-18-19(32)11-5-3-8-17-9-4-6-12-20(17)37-15-21(33)28-18/h3-6,9,12,16,18-19H,7-8,10-11,13-15H2,1-2H3,(H,28,33)/b5-3+/t18-,19-/m1/s1. The van der Waals surface area contributed by atoms with E-state index in [0.717, 1.165) is 23.0 Å². The zero-order chi connectivity index (χ0) is 26.1. The van der Waals surface area contributed by atoms with Gasteiger partial charge in [-0.1, -0.05) is 30.4 Å². The second-order valence-electron chi connectivity index (χ2n) is 9.53. The zero-order valence-corrected chi connectivity index (χ0v) is 20.9. The van der Waals surface area contributed by atoms with Gasteiger partial charge >= 0.3 is 5.69 Å². The van der Waals surface area contributed by atoms with Crippen LogP contribution in [0.5, 0.6) is 5.75 Å². The summed E-state index contributed by atoms with van der Waals surface area (Å²) < 4.78 is 9.58. The number of carbonyl (C=O) groups is 2. The Morgan fingerprint density at radius 2 is 1.95 bits per heavy atom. The first-order chi connectivity index (χ1) is 17.8. The Labute approximate surface area is 213 Å². The Hall–Kier alpha value is -4.15. The molecular formula is C26H30N6O5. The van der Waals surface area contributed by atoms with E-state index in [2.05, 4.69) is 16.4 Å². The average Bonchev–Trinajstić information content (AvgIpc) is 3.31. The summed E-state index contributed by atoms with van der Waals surface area (Å²) in [7, 11) is 2.95. The lowest BCUT2D eigenvalue weighted by atomic mass is 9.92. The molecule has 0 aliphatic carbocycles. The highest BCUT2D eigenvalue weighted by Crippen LogP contribution is 2.24. The molecule has 0 saturated carbocycles. The van der Waals surface area contributed by atoms with Crippen LogP contribution in [-0.2, 0) is 36.6 Å². The molecule has 0 radical (unpaired) electrons. The zero-order valence-electron chi connectivity index (χ0n) is 20.9. The Morgan fingerprint density at radius 1 is 1.14 bits per heavy atom. The largest absolute Gasteiger partial charge is 0.483 e. The molecule has 2 aromatic heterocycles. The summed E-state index contributed by atoms with van der Waals surface area (Å²) in [4.78, 5) is 57.4. The second-order valence-corrected chi connectivity index (χ2v) is 9.53. The van der Waals surface area contributed by atoms with Crippen LogP contribution in [0.25, 0.3) is 11.2 Å². The third-order valence-electron chi connectivity index (χ3n) is 7.18. The minimum absolute atomic E-state index is 0.0959. The lowest BCUT2D eigenvalue weighted by Crippen LogP contribution is -2.58. The average molecular weight is 507 g/mol. The molecule has 1 fully saturated rings. The van der Waals surface area contributed by atoms with Gasteiger partial charge in [0, 0.05) is 26.7 Å². The summed E-state index contributed by atoms with van der Waals surface area (Å²) in [6, 6.07) is 7.19. The van der Waals surface area contributed by atoms with E-state index in [9.17, 15) is 19.2 Å². The van der Waals surface area contributed by atoms with Crippen molar-refractivity contribution in [3.63, 3.8) is 0 Å². The molecule has 0 spiro atoms. The number of amides is 2. The van der Waals surface area contributed by atoms with Gasteiger partial charge < -0.3 is 19.5 Å². The van der Waals surface area contributed by atoms with E-state index in [1.165, 1.54) is 22.5 Å². The summed E-state index contributed by atoms with van der Waals surface area (Å²) in [5, 5.41) is 3.07. The van der Waals surface area contributed by atoms with Gasteiger partial charge in [0.15, 0.2) is 17.8 Å². The number of benzene rings is 1. The predicted molar refractivity (Wildman–Crippen MR) is 136 cm³/mol. The van der Waals surface area contributed by atoms with Gasteiger partial charge in [0.05, 0.1) is 12.4 Å². The van der Waals surface area contributed by atoms with Gasteiger partial charge in [0.2, 0.25) is 5.91 Å². The van der Waals surface area contributed by atoms with Crippen LogP contribution >= 0.6 is 0 Å². The SMILES string of the molecule is Cn1c(=O)c2c(ncn2CC(=O)N2CCC[C@H]3NC(=O)COc4ccccc4C/C=C/C[C@H]32)n(C)c1=O. The normalized spacial score (nSPS) is 21.1. The summed E-state index contributed by atoms with van der Waals surface area (Å²) in [6.07, 6.45) is 8.26. The maximum atomic E-state index is 13.6. The fraction of sp³-hybridized carbons (Fsp3) is 0.423. The fourth-order valence-electron chi connectivity index (χ4n) is 5.23. The monoisotopic (exact) mass is 506 g/mol. The number of nitrogens with zero attached hydrogens (tertiary/aromatic N) is 5. The van der Waals surface area contributed by atoms with Crippen molar-refractivity contribution in [1.29, 1.82) is 0 Å². The van der Waals surface area contributed by atoms with E-state index in [-0.39, 0.29) is 48.2 Å². The first kappa shape index (κ1) is 24.5. The third-order valence-corrected chi connectivity index (χ3v) is 7.18. The van der Waals surface area contributed by atoms with Crippen LogP contribution in [0, 0.1) is 0 Å². The Balaban J connectivity index is 1.42. The molecule has 1 N–H and O–H groups in total. The van der Waals surface area contributed by atoms with E-state index < -0.39 is 11.2 Å². The summed E-state index contributed by atoms with van der Waals surface area (Å²) in [5.74, 6) is 0.283. The molecule has 2 aliphatic heterocycles. The minimum atomic E-state index is -0.499. The van der Waals surface area contributed by atoms with Crippen molar-refractivity contribution in [2.75, 3.05) is 13.2 Å². The number of imidazole rings is 1. The van der Waals surface area contributed by atoms with Crippen LogP contribution in [0.4, 0.5) is 0 Å². The van der Waals surface area contributed by atoms with Gasteiger partial charge in [-0.15, -0.1) is 0 Å². The molecule has 37 heavy (non-hydrogen) atoms. The molecule has 1 aromatic carbocycles. The number of likely N-dealkylation sites (tertiary alicyclic amines) is 1. The molecule has 2 aliphatic rings. The number of hydrogen-bond donors (Lipinski definition) is 1. The highest BCUT2D eigenvalue weighted by atomic mass is 16.5. The molecule has 5 rings (SSSR count). The van der Waals surface area contributed by atoms with Gasteiger partial charge in [-0.2, -0.15) is 0 Å². The number of ether oxygens (including phenoxy) is 1. The molecule has 3 aromatic rings. The number of para-hydroxylation sites is 1. The molecule has 11 heteroatoms. The number of allylic oxidation sites excluding steroid dienone is 1. The van der Waals surface area contributed by atoms with Gasteiger partial charge in [-0.3, -0.25) is 23.5 Å². The molecule has 194 valence electrons. The topological polar surface area (TPSA) is 120 Å². The molecule has 11 nitrogen and oxygen atoms in total. The summed E-state index contributed by atoms with van der Waals surface area (Å²) in [5.41, 5.74) is 0.452. The smallest absolute Gasteiger partial charge is 0.332 e. The number of piperidine rings is 1. The van der Waals surface area contributed by atoms with Crippen molar-refractivity contribution in [3.05, 3.63) is 69.1 Å². The van der Waals surface area contributed by atoms with Crippen molar-refractivity contribution >= 4 is 23.0 Å². The predicted octanol–water partition coefficient (Wildman–Crippen LogP) is 0.491. The Bertz CT molecular complexity index is 1500. The maximum Gasteiger partial charge on any atom is 0.332 e. The second kappa shape index (κ2) is 10.1. The lowest BCUT2D eigenvalue weighted by Gasteiger charge is -2.41. The van der Waals surface area contributed by atoms with Crippen LogP contribution in [0.1, 0.15) is 24.8 Å². The van der Waals surface area contributed by atoms with Crippen molar-refractivity contribution in [2.45, 2.75) is 44.3 Å². The third kappa shape index (κ3) is 4.68. The summed E-state index contributed by atoms with van der Waals surface area (Å²) >= 11 is 0. The molecule has 0 bridgehead atoms. The van der Waals surface area contributed by atoms with Gasteiger partial charge in [-0.25, -0.2) is 9.78 Å². The van der Waals surface area contributed by atoms with E-state index in [0.29, 0.717) is 25.1 Å². The van der Waals surface area contributed by atoms with Crippen LogP contribution in [-0.4, -0.2) is 60.6 Å². The van der Waals surface area contributed by atoms with Gasteiger partial charge in [0.25, 0.3) is 11.5 Å². The molecule has 2 amide bonds. The number of carbonyl (C=O) groups excluding carboxylic acids is 2. The van der Waals surface area contributed by atoms with Gasteiger partial charge in [-0.05, 0) is 37.3 Å². The van der Waals surface area contributed by atoms with Crippen LogP contribution < -0.4 is 21.3 Å². The first-order valence-corrected chi connectivity index (χ1v) is 12.4. The van der Waals surface area contributed by atoms with Crippen molar-refractivity contribution in [1.82, 2.24) is 28.9 Å². The number of rotatable bonds is 2. The number of hydrogen-bond acceptors (Lipinski definition) is 6. The lowest BCUT2D eigenvalue weighted by molar-refractivity contribution is -0.137. The molecule has 2 atom stereocenters. The van der Waals surface area contributed by atoms with Crippen LogP contribution in [0.2, 0.25) is 0 Å². The van der Waals surface area contributed by atoms with Crippen molar-refractivity contribution in [2.24, 2.45) is 14.1 Å². The molecule has 0 unspecified atom stereocenters. The van der Waals surface area contributed by atoms with Crippen molar-refractivity contribution < 1.29 is 14.3 Å². The minimum Gasteiger partial charge on any atom is -0.483 e. The number of aromatic nitrogens is 4. The Kier molecular flexibility index (Phi) is 6.68. The highest BCUT2D eigenvalue weighted by Gasteiger charge is 2.35. The Morgan fingerprint density at radius 3 is 2.78 bits per heavy atom. The van der Waals surface area contributed by atoms with E-state index >= 15 is 0 Å². The summed E-state index contributed by atoms with van der Waals surface area (Å²) in [6.45, 7) is 0.356. The maximum absolute atomic E-state index is 13.6. The molecule has 1 saturated heterocycles. The fourth-order valence-corrected chi connectivity index (χ4v) is 5.23. The van der Waals surface area contributed by atoms with E-state index in [4.69, 9.17) is 4.74 Å². The van der Waals surface area contributed by atoms with E-state index in [1.54, 1.807) is 11.9 Å². The molecule has 4 heterocycles.